The summed E-state index contributed by atoms with van der Waals surface area (Å²) < 4.78 is 2.83. The fourth-order valence-electron chi connectivity index (χ4n) is 2.10. The monoisotopic (exact) mass is 385 g/mol. The van der Waals surface area contributed by atoms with E-state index in [2.05, 4.69) is 47.3 Å². The van der Waals surface area contributed by atoms with Crippen LogP contribution in [0.3, 0.4) is 0 Å². The van der Waals surface area contributed by atoms with E-state index in [4.69, 9.17) is 11.6 Å². The van der Waals surface area contributed by atoms with Crippen LogP contribution in [-0.2, 0) is 20.1 Å². The lowest BCUT2D eigenvalue weighted by atomic mass is 10.4. The first-order valence-electron chi connectivity index (χ1n) is 6.28. The largest absolute Gasteiger partial charge is 0.294 e. The normalized spacial score (nSPS) is 11.7. The summed E-state index contributed by atoms with van der Waals surface area (Å²) in [5, 5.41) is 7.48. The number of hydrogen-bond acceptors (Lipinski definition) is 5. The van der Waals surface area contributed by atoms with Crippen LogP contribution in [0.15, 0.2) is 22.1 Å². The predicted octanol–water partition coefficient (Wildman–Crippen LogP) is 3.47. The molecule has 0 aromatic carbocycles. The van der Waals surface area contributed by atoms with E-state index < -0.39 is 0 Å². The molecule has 0 aliphatic heterocycles. The van der Waals surface area contributed by atoms with E-state index in [9.17, 15) is 0 Å². The molecule has 3 aromatic heterocycles. The first-order valence-corrected chi connectivity index (χ1v) is 8.33. The number of hydrogen-bond donors (Lipinski definition) is 0. The molecular formula is C13H13BrClN5S. The van der Waals surface area contributed by atoms with E-state index >= 15 is 0 Å². The standard InChI is InChI=1S/C13H13BrClN5S/c1-19(5-9-3-8(14)7-21-9)6-11-17-12(15)10-4-16-20(2)13(10)18-11/h3-4,7H,5-6H2,1-2H3. The predicted molar refractivity (Wildman–Crippen MR) is 88.5 cm³/mol. The molecule has 0 amide bonds. The van der Waals surface area contributed by atoms with Gasteiger partial charge in [-0.15, -0.1) is 11.3 Å². The van der Waals surface area contributed by atoms with Crippen LogP contribution in [0.5, 0.6) is 0 Å². The summed E-state index contributed by atoms with van der Waals surface area (Å²) >= 11 is 11.4. The van der Waals surface area contributed by atoms with Gasteiger partial charge in [0.15, 0.2) is 5.65 Å². The third-order valence-electron chi connectivity index (χ3n) is 3.05. The van der Waals surface area contributed by atoms with Gasteiger partial charge in [0.1, 0.15) is 11.0 Å². The summed E-state index contributed by atoms with van der Waals surface area (Å²) in [5.41, 5.74) is 0.761. The highest BCUT2D eigenvalue weighted by Gasteiger charge is 2.12. The summed E-state index contributed by atoms with van der Waals surface area (Å²) in [6, 6.07) is 2.12. The molecule has 3 rings (SSSR count). The Balaban J connectivity index is 1.79. The van der Waals surface area contributed by atoms with E-state index in [-0.39, 0.29) is 0 Å². The zero-order valence-corrected chi connectivity index (χ0v) is 14.7. The molecule has 3 aromatic rings. The van der Waals surface area contributed by atoms with Gasteiger partial charge in [0.2, 0.25) is 0 Å². The van der Waals surface area contributed by atoms with E-state index in [1.807, 2.05) is 14.1 Å². The summed E-state index contributed by atoms with van der Waals surface area (Å²) in [4.78, 5) is 12.3. The third-order valence-corrected chi connectivity index (χ3v) is 5.02. The van der Waals surface area contributed by atoms with Crippen LogP contribution in [-0.4, -0.2) is 31.7 Å². The van der Waals surface area contributed by atoms with Gasteiger partial charge in [-0.05, 0) is 29.0 Å². The minimum atomic E-state index is 0.454. The highest BCUT2D eigenvalue weighted by atomic mass is 79.9. The number of aromatic nitrogens is 4. The van der Waals surface area contributed by atoms with Crippen molar-refractivity contribution < 1.29 is 0 Å². The quantitative estimate of drug-likeness (QED) is 0.644. The highest BCUT2D eigenvalue weighted by molar-refractivity contribution is 9.10. The third kappa shape index (κ3) is 3.26. The van der Waals surface area contributed by atoms with Crippen LogP contribution in [0.25, 0.3) is 11.0 Å². The maximum atomic E-state index is 6.20. The number of rotatable bonds is 4. The minimum Gasteiger partial charge on any atom is -0.294 e. The van der Waals surface area contributed by atoms with Gasteiger partial charge in [-0.3, -0.25) is 9.58 Å². The first-order chi connectivity index (χ1) is 10.0. The molecule has 0 radical (unpaired) electrons. The fourth-order valence-corrected chi connectivity index (χ4v) is 3.86. The molecule has 5 nitrogen and oxygen atoms in total. The molecule has 0 bridgehead atoms. The van der Waals surface area contributed by atoms with Crippen molar-refractivity contribution in [2.75, 3.05) is 7.05 Å². The van der Waals surface area contributed by atoms with Crippen molar-refractivity contribution >= 4 is 49.9 Å². The zero-order chi connectivity index (χ0) is 15.0. The second-order valence-corrected chi connectivity index (χ2v) is 7.11. The van der Waals surface area contributed by atoms with Crippen molar-refractivity contribution in [3.05, 3.63) is 38.0 Å². The SMILES string of the molecule is CN(Cc1nc(Cl)c2cnn(C)c2n1)Cc1cc(Br)cs1. The molecule has 0 unspecified atom stereocenters. The zero-order valence-electron chi connectivity index (χ0n) is 11.5. The maximum absolute atomic E-state index is 6.20. The Kier molecular flexibility index (Phi) is 4.26. The highest BCUT2D eigenvalue weighted by Crippen LogP contribution is 2.22. The first kappa shape index (κ1) is 14.9. The molecule has 0 fully saturated rings. The van der Waals surface area contributed by atoms with Gasteiger partial charge in [-0.2, -0.15) is 5.10 Å². The van der Waals surface area contributed by atoms with Gasteiger partial charge >= 0.3 is 0 Å². The number of aryl methyl sites for hydroxylation is 1. The lowest BCUT2D eigenvalue weighted by molar-refractivity contribution is 0.313. The molecule has 0 aliphatic rings. The summed E-state index contributed by atoms with van der Waals surface area (Å²) in [5.74, 6) is 0.703. The molecule has 0 spiro atoms. The van der Waals surface area contributed by atoms with Crippen LogP contribution in [0.4, 0.5) is 0 Å². The number of nitrogens with zero attached hydrogens (tertiary/aromatic N) is 5. The van der Waals surface area contributed by atoms with Gasteiger partial charge < -0.3 is 0 Å². The molecule has 0 N–H and O–H groups in total. The van der Waals surface area contributed by atoms with Crippen molar-refractivity contribution in [3.63, 3.8) is 0 Å². The Bertz CT molecular complexity index is 784. The number of fused-ring (bicyclic) bond motifs is 1. The summed E-state index contributed by atoms with van der Waals surface area (Å²) in [6.07, 6.45) is 1.69. The van der Waals surface area contributed by atoms with Crippen molar-refractivity contribution in [2.45, 2.75) is 13.1 Å². The molecule has 0 saturated heterocycles. The van der Waals surface area contributed by atoms with Gasteiger partial charge in [0.05, 0.1) is 18.1 Å². The number of thiophene rings is 1. The molecule has 3 heterocycles. The van der Waals surface area contributed by atoms with E-state index in [0.29, 0.717) is 17.5 Å². The van der Waals surface area contributed by atoms with E-state index in [1.54, 1.807) is 22.2 Å². The lowest BCUT2D eigenvalue weighted by Gasteiger charge is -2.14. The Morgan fingerprint density at radius 1 is 1.38 bits per heavy atom. The fraction of sp³-hybridized carbons (Fsp3) is 0.308. The van der Waals surface area contributed by atoms with Crippen LogP contribution in [0.2, 0.25) is 5.15 Å². The Morgan fingerprint density at radius 3 is 2.90 bits per heavy atom. The second kappa shape index (κ2) is 6.00. The van der Waals surface area contributed by atoms with Crippen molar-refractivity contribution in [1.29, 1.82) is 0 Å². The van der Waals surface area contributed by atoms with Crippen LogP contribution in [0, 0.1) is 0 Å². The molecule has 0 atom stereocenters. The van der Waals surface area contributed by atoms with Gasteiger partial charge in [0.25, 0.3) is 0 Å². The van der Waals surface area contributed by atoms with Crippen molar-refractivity contribution in [3.8, 4) is 0 Å². The van der Waals surface area contributed by atoms with Crippen LogP contribution >= 0.6 is 38.9 Å². The van der Waals surface area contributed by atoms with Gasteiger partial charge in [0, 0.05) is 28.3 Å². The van der Waals surface area contributed by atoms with Crippen molar-refractivity contribution in [2.24, 2.45) is 7.05 Å². The van der Waals surface area contributed by atoms with Crippen molar-refractivity contribution in [1.82, 2.24) is 24.6 Å². The Labute approximate surface area is 139 Å². The van der Waals surface area contributed by atoms with E-state index in [1.165, 1.54) is 4.88 Å². The van der Waals surface area contributed by atoms with E-state index in [0.717, 1.165) is 22.1 Å². The summed E-state index contributed by atoms with van der Waals surface area (Å²) in [7, 11) is 3.89. The second-order valence-electron chi connectivity index (χ2n) is 4.84. The molecule has 21 heavy (non-hydrogen) atoms. The Hall–Kier alpha value is -1.02. The average Bonchev–Trinajstić information content (AvgIpc) is 2.97. The minimum absolute atomic E-state index is 0.454. The summed E-state index contributed by atoms with van der Waals surface area (Å²) in [6.45, 7) is 1.48. The topological polar surface area (TPSA) is 46.8 Å². The van der Waals surface area contributed by atoms with Crippen LogP contribution < -0.4 is 0 Å². The molecule has 0 aliphatic carbocycles. The average molecular weight is 387 g/mol. The molecular weight excluding hydrogens is 374 g/mol. The smallest absolute Gasteiger partial charge is 0.162 e. The maximum Gasteiger partial charge on any atom is 0.162 e. The molecule has 8 heteroatoms. The van der Waals surface area contributed by atoms with Gasteiger partial charge in [-0.25, -0.2) is 9.97 Å². The van der Waals surface area contributed by atoms with Crippen LogP contribution in [0.1, 0.15) is 10.7 Å². The molecule has 0 saturated carbocycles. The lowest BCUT2D eigenvalue weighted by Crippen LogP contribution is -2.18. The Morgan fingerprint density at radius 2 is 2.19 bits per heavy atom. The molecule has 110 valence electrons. The van der Waals surface area contributed by atoms with Gasteiger partial charge in [-0.1, -0.05) is 11.6 Å². The number of halogens is 2.